The van der Waals surface area contributed by atoms with Crippen molar-refractivity contribution in [1.82, 2.24) is 9.78 Å². The first-order valence-electron chi connectivity index (χ1n) is 6.98. The maximum Gasteiger partial charge on any atom is 0.229 e. The molecular weight excluding hydrogens is 266 g/mol. The van der Waals surface area contributed by atoms with Gasteiger partial charge in [0.15, 0.2) is 0 Å². The van der Waals surface area contributed by atoms with Crippen molar-refractivity contribution in [3.63, 3.8) is 0 Å². The van der Waals surface area contributed by atoms with Crippen LogP contribution in [0.15, 0.2) is 30.3 Å². The maximum atomic E-state index is 12.1. The quantitative estimate of drug-likeness (QED) is 0.919. The van der Waals surface area contributed by atoms with Crippen LogP contribution in [0.5, 0.6) is 5.75 Å². The minimum absolute atomic E-state index is 0.0537. The molecule has 21 heavy (non-hydrogen) atoms. The zero-order chi connectivity index (χ0) is 15.4. The third-order valence-electron chi connectivity index (χ3n) is 3.14. The van der Waals surface area contributed by atoms with Gasteiger partial charge in [0.2, 0.25) is 5.91 Å². The number of nitrogens with zero attached hydrogens (tertiary/aromatic N) is 2. The number of nitrogens with one attached hydrogen (secondary N) is 1. The van der Waals surface area contributed by atoms with Crippen LogP contribution >= 0.6 is 0 Å². The summed E-state index contributed by atoms with van der Waals surface area (Å²) in [5, 5.41) is 7.30. The van der Waals surface area contributed by atoms with Gasteiger partial charge in [0, 0.05) is 12.1 Å². The molecule has 0 saturated heterocycles. The molecule has 2 rings (SSSR count). The van der Waals surface area contributed by atoms with Crippen LogP contribution in [-0.2, 0) is 11.2 Å². The second kappa shape index (κ2) is 6.43. The molecule has 0 radical (unpaired) electrons. The summed E-state index contributed by atoms with van der Waals surface area (Å²) in [6, 6.07) is 9.57. The summed E-state index contributed by atoms with van der Waals surface area (Å²) >= 11 is 0. The Balaban J connectivity index is 2.04. The van der Waals surface area contributed by atoms with E-state index in [0.29, 0.717) is 6.42 Å². The van der Waals surface area contributed by atoms with Crippen molar-refractivity contribution >= 4 is 11.7 Å². The fraction of sp³-hybridized carbons (Fsp3) is 0.375. The van der Waals surface area contributed by atoms with E-state index < -0.39 is 0 Å². The highest BCUT2D eigenvalue weighted by Crippen LogP contribution is 2.17. The van der Waals surface area contributed by atoms with Crippen molar-refractivity contribution in [3.05, 3.63) is 41.6 Å². The molecular formula is C16H21N3O2. The highest BCUT2D eigenvalue weighted by molar-refractivity contribution is 5.91. The number of carbonyl (C=O) groups is 1. The van der Waals surface area contributed by atoms with Gasteiger partial charge in [0.05, 0.1) is 19.2 Å². The normalized spacial score (nSPS) is 10.7. The summed E-state index contributed by atoms with van der Waals surface area (Å²) in [5.74, 6) is 1.47. The summed E-state index contributed by atoms with van der Waals surface area (Å²) in [4.78, 5) is 12.1. The van der Waals surface area contributed by atoms with E-state index in [1.807, 2.05) is 55.8 Å². The number of rotatable bonds is 5. The van der Waals surface area contributed by atoms with Crippen LogP contribution in [0.1, 0.15) is 31.1 Å². The number of ether oxygens (including phenoxy) is 1. The lowest BCUT2D eigenvalue weighted by Crippen LogP contribution is -2.18. The monoisotopic (exact) mass is 287 g/mol. The summed E-state index contributed by atoms with van der Waals surface area (Å²) in [6.45, 7) is 5.98. The molecule has 1 aromatic carbocycles. The fourth-order valence-corrected chi connectivity index (χ4v) is 2.12. The molecule has 5 nitrogen and oxygen atoms in total. The zero-order valence-electron chi connectivity index (χ0n) is 12.9. The number of benzene rings is 1. The Bertz CT molecular complexity index is 615. The second-order valence-electron chi connectivity index (χ2n) is 5.28. The largest absolute Gasteiger partial charge is 0.497 e. The molecule has 0 aliphatic heterocycles. The van der Waals surface area contributed by atoms with Gasteiger partial charge >= 0.3 is 0 Å². The van der Waals surface area contributed by atoms with Crippen LogP contribution in [0.25, 0.3) is 0 Å². The number of hydrogen-bond acceptors (Lipinski definition) is 3. The smallest absolute Gasteiger partial charge is 0.229 e. The lowest BCUT2D eigenvalue weighted by atomic mass is 10.1. The van der Waals surface area contributed by atoms with Crippen LogP contribution in [0.3, 0.4) is 0 Å². The van der Waals surface area contributed by atoms with Gasteiger partial charge in [0.1, 0.15) is 11.6 Å². The molecule has 2 aromatic rings. The average Bonchev–Trinajstić information content (AvgIpc) is 2.80. The molecule has 0 fully saturated rings. The van der Waals surface area contributed by atoms with Gasteiger partial charge in [0.25, 0.3) is 0 Å². The topological polar surface area (TPSA) is 56.1 Å². The van der Waals surface area contributed by atoms with Crippen molar-refractivity contribution < 1.29 is 9.53 Å². The number of hydrogen-bond donors (Lipinski definition) is 1. The molecule has 5 heteroatoms. The van der Waals surface area contributed by atoms with Crippen LogP contribution < -0.4 is 10.1 Å². The highest BCUT2D eigenvalue weighted by atomic mass is 16.5. The van der Waals surface area contributed by atoms with E-state index in [1.54, 1.807) is 7.11 Å². The SMILES string of the molecule is COc1ccc(CC(=O)Nc2cc(C)nn2C(C)C)cc1. The van der Waals surface area contributed by atoms with Crippen molar-refractivity contribution in [2.45, 2.75) is 33.2 Å². The summed E-state index contributed by atoms with van der Waals surface area (Å²) in [5.41, 5.74) is 1.84. The minimum atomic E-state index is -0.0537. The highest BCUT2D eigenvalue weighted by Gasteiger charge is 2.12. The molecule has 1 N–H and O–H groups in total. The van der Waals surface area contributed by atoms with E-state index in [9.17, 15) is 4.79 Å². The number of carbonyl (C=O) groups excluding carboxylic acids is 1. The number of aryl methyl sites for hydroxylation is 1. The van der Waals surface area contributed by atoms with E-state index >= 15 is 0 Å². The van der Waals surface area contributed by atoms with E-state index in [2.05, 4.69) is 10.4 Å². The molecule has 1 aromatic heterocycles. The Morgan fingerprint density at radius 2 is 2.00 bits per heavy atom. The Morgan fingerprint density at radius 1 is 1.33 bits per heavy atom. The molecule has 0 atom stereocenters. The van der Waals surface area contributed by atoms with Crippen LogP contribution in [0, 0.1) is 6.92 Å². The van der Waals surface area contributed by atoms with Crippen LogP contribution in [-0.4, -0.2) is 22.8 Å². The Labute approximate surface area is 124 Å². The van der Waals surface area contributed by atoms with E-state index in [0.717, 1.165) is 22.8 Å². The Morgan fingerprint density at radius 3 is 2.57 bits per heavy atom. The predicted molar refractivity (Wildman–Crippen MR) is 82.7 cm³/mol. The van der Waals surface area contributed by atoms with Crippen molar-refractivity contribution in [3.8, 4) is 5.75 Å². The van der Waals surface area contributed by atoms with E-state index in [1.165, 1.54) is 0 Å². The van der Waals surface area contributed by atoms with E-state index in [-0.39, 0.29) is 11.9 Å². The molecule has 1 amide bonds. The minimum Gasteiger partial charge on any atom is -0.497 e. The van der Waals surface area contributed by atoms with Gasteiger partial charge in [-0.1, -0.05) is 12.1 Å². The molecule has 0 spiro atoms. The van der Waals surface area contributed by atoms with Gasteiger partial charge < -0.3 is 10.1 Å². The Hall–Kier alpha value is -2.30. The van der Waals surface area contributed by atoms with Gasteiger partial charge in [-0.15, -0.1) is 0 Å². The molecule has 1 heterocycles. The first kappa shape index (κ1) is 15.1. The lowest BCUT2D eigenvalue weighted by molar-refractivity contribution is -0.115. The second-order valence-corrected chi connectivity index (χ2v) is 5.28. The van der Waals surface area contributed by atoms with Crippen LogP contribution in [0.4, 0.5) is 5.82 Å². The zero-order valence-corrected chi connectivity index (χ0v) is 12.9. The standard InChI is InChI=1S/C16H21N3O2/c1-11(2)19-15(9-12(3)18-19)17-16(20)10-13-5-7-14(21-4)8-6-13/h5-9,11H,10H2,1-4H3,(H,17,20). The van der Waals surface area contributed by atoms with Crippen molar-refractivity contribution in [1.29, 1.82) is 0 Å². The first-order chi connectivity index (χ1) is 9.99. The number of methoxy groups -OCH3 is 1. The van der Waals surface area contributed by atoms with Gasteiger partial charge in [-0.2, -0.15) is 5.10 Å². The lowest BCUT2D eigenvalue weighted by Gasteiger charge is -2.11. The van der Waals surface area contributed by atoms with Crippen molar-refractivity contribution in [2.75, 3.05) is 12.4 Å². The molecule has 0 unspecified atom stereocenters. The van der Waals surface area contributed by atoms with Gasteiger partial charge in [-0.3, -0.25) is 4.79 Å². The number of anilines is 1. The summed E-state index contributed by atoms with van der Waals surface area (Å²) < 4.78 is 6.92. The molecule has 0 bridgehead atoms. The van der Waals surface area contributed by atoms with Gasteiger partial charge in [-0.05, 0) is 38.5 Å². The summed E-state index contributed by atoms with van der Waals surface area (Å²) in [6.07, 6.45) is 0.326. The predicted octanol–water partition coefficient (Wildman–Crippen LogP) is 2.96. The van der Waals surface area contributed by atoms with E-state index in [4.69, 9.17) is 4.74 Å². The van der Waals surface area contributed by atoms with Crippen LogP contribution in [0.2, 0.25) is 0 Å². The van der Waals surface area contributed by atoms with Gasteiger partial charge in [-0.25, -0.2) is 4.68 Å². The summed E-state index contributed by atoms with van der Waals surface area (Å²) in [7, 11) is 1.62. The average molecular weight is 287 g/mol. The van der Waals surface area contributed by atoms with Crippen molar-refractivity contribution in [2.24, 2.45) is 0 Å². The maximum absolute atomic E-state index is 12.1. The molecule has 0 aliphatic carbocycles. The fourth-order valence-electron chi connectivity index (χ4n) is 2.12. The molecule has 112 valence electrons. The molecule has 0 saturated carbocycles. The third-order valence-corrected chi connectivity index (χ3v) is 3.14. The molecule has 0 aliphatic rings. The number of aromatic nitrogens is 2. The number of amides is 1. The Kier molecular flexibility index (Phi) is 4.62. The first-order valence-corrected chi connectivity index (χ1v) is 6.98. The third kappa shape index (κ3) is 3.84.